The van der Waals surface area contributed by atoms with Gasteiger partial charge >= 0.3 is 0 Å². The van der Waals surface area contributed by atoms with Crippen molar-refractivity contribution in [3.63, 3.8) is 0 Å². The summed E-state index contributed by atoms with van der Waals surface area (Å²) in [5, 5.41) is 5.07. The lowest BCUT2D eigenvalue weighted by Crippen LogP contribution is -2.19. The molecule has 1 fully saturated rings. The Morgan fingerprint density at radius 1 is 1.11 bits per heavy atom. The Morgan fingerprint density at radius 3 is 2.63 bits per heavy atom. The van der Waals surface area contributed by atoms with E-state index < -0.39 is 0 Å². The highest BCUT2D eigenvalue weighted by Gasteiger charge is 2.21. The predicted molar refractivity (Wildman–Crippen MR) is 85.3 cm³/mol. The van der Waals surface area contributed by atoms with Crippen LogP contribution in [-0.4, -0.2) is 6.04 Å². The van der Waals surface area contributed by atoms with E-state index in [9.17, 15) is 0 Å². The molecule has 0 aliphatic heterocycles. The van der Waals surface area contributed by atoms with Crippen LogP contribution in [0, 0.1) is 11.8 Å². The average Bonchev–Trinajstić information content (AvgIpc) is 2.59. The van der Waals surface area contributed by atoms with Crippen molar-refractivity contribution in [2.24, 2.45) is 11.8 Å². The Bertz CT molecular complexity index is 417. The van der Waals surface area contributed by atoms with Gasteiger partial charge < -0.3 is 5.32 Å². The fraction of sp³-hybridized carbons (Fsp3) is 0.625. The second-order valence-electron chi connectivity index (χ2n) is 5.98. The quantitative estimate of drug-likeness (QED) is 0.674. The Labute approximate surface area is 126 Å². The molecule has 2 rings (SSSR count). The minimum atomic E-state index is 0.528. The van der Waals surface area contributed by atoms with E-state index in [0.29, 0.717) is 6.04 Å². The second kappa shape index (κ2) is 6.85. The molecule has 0 heterocycles. The molecule has 3 heteroatoms. The van der Waals surface area contributed by atoms with Gasteiger partial charge in [-0.1, -0.05) is 49.9 Å². The van der Waals surface area contributed by atoms with Crippen LogP contribution < -0.4 is 5.32 Å². The maximum atomic E-state index is 6.21. The first-order valence-corrected chi connectivity index (χ1v) is 8.03. The predicted octanol–water partition coefficient (Wildman–Crippen LogP) is 6.01. The first-order valence-electron chi connectivity index (χ1n) is 7.28. The number of nitrogens with one attached hydrogen (secondary N) is 1. The summed E-state index contributed by atoms with van der Waals surface area (Å²) >= 11 is 12.2. The molecule has 0 aromatic heterocycles. The van der Waals surface area contributed by atoms with Gasteiger partial charge in [0.15, 0.2) is 0 Å². The highest BCUT2D eigenvalue weighted by Crippen LogP contribution is 2.32. The smallest absolute Gasteiger partial charge is 0.0638 e. The topological polar surface area (TPSA) is 12.0 Å². The minimum Gasteiger partial charge on any atom is -0.381 e. The Balaban J connectivity index is 1.98. The van der Waals surface area contributed by atoms with Gasteiger partial charge in [0.25, 0.3) is 0 Å². The van der Waals surface area contributed by atoms with Crippen molar-refractivity contribution in [3.8, 4) is 0 Å². The molecule has 1 N–H and O–H groups in total. The summed E-state index contributed by atoms with van der Waals surface area (Å²) in [6.45, 7) is 4.68. The summed E-state index contributed by atoms with van der Waals surface area (Å²) in [4.78, 5) is 0. The van der Waals surface area contributed by atoms with E-state index in [-0.39, 0.29) is 0 Å². The molecule has 0 radical (unpaired) electrons. The van der Waals surface area contributed by atoms with Gasteiger partial charge in [0, 0.05) is 11.1 Å². The third-order valence-corrected chi connectivity index (χ3v) is 4.81. The van der Waals surface area contributed by atoms with Gasteiger partial charge in [0.1, 0.15) is 0 Å². The van der Waals surface area contributed by atoms with E-state index >= 15 is 0 Å². The van der Waals surface area contributed by atoms with Crippen molar-refractivity contribution >= 4 is 28.9 Å². The molecule has 0 saturated heterocycles. The molecule has 1 aromatic carbocycles. The summed E-state index contributed by atoms with van der Waals surface area (Å²) in [6, 6.07) is 6.14. The first kappa shape index (κ1) is 15.0. The molecule has 1 aromatic rings. The zero-order valence-corrected chi connectivity index (χ0v) is 13.3. The molecule has 0 amide bonds. The second-order valence-corrected chi connectivity index (χ2v) is 6.82. The summed E-state index contributed by atoms with van der Waals surface area (Å²) in [5.41, 5.74) is 0.974. The van der Waals surface area contributed by atoms with E-state index in [1.807, 2.05) is 18.2 Å². The summed E-state index contributed by atoms with van der Waals surface area (Å²) < 4.78 is 0. The Morgan fingerprint density at radius 2 is 1.89 bits per heavy atom. The highest BCUT2D eigenvalue weighted by atomic mass is 35.5. The van der Waals surface area contributed by atoms with Crippen molar-refractivity contribution in [2.45, 2.75) is 52.0 Å². The standard InChI is InChI=1S/C16H23Cl2N/c1-11(2)12-4-3-5-14(8-6-12)19-16-10-13(17)7-9-15(16)18/h7,9-12,14,19H,3-6,8H2,1-2H3. The van der Waals surface area contributed by atoms with Gasteiger partial charge in [-0.15, -0.1) is 0 Å². The molecular formula is C16H23Cl2N. The number of rotatable bonds is 3. The van der Waals surface area contributed by atoms with Crippen LogP contribution in [0.5, 0.6) is 0 Å². The lowest BCUT2D eigenvalue weighted by Gasteiger charge is -2.20. The van der Waals surface area contributed by atoms with Crippen LogP contribution in [0.25, 0.3) is 0 Å². The highest BCUT2D eigenvalue weighted by molar-refractivity contribution is 6.35. The molecule has 19 heavy (non-hydrogen) atoms. The van der Waals surface area contributed by atoms with Gasteiger partial charge in [-0.25, -0.2) is 0 Å². The van der Waals surface area contributed by atoms with Crippen LogP contribution >= 0.6 is 23.2 Å². The molecule has 0 spiro atoms. The van der Waals surface area contributed by atoms with Crippen LogP contribution in [0.15, 0.2) is 18.2 Å². The molecule has 0 bridgehead atoms. The maximum absolute atomic E-state index is 6.21. The monoisotopic (exact) mass is 299 g/mol. The van der Waals surface area contributed by atoms with E-state index in [1.54, 1.807) is 0 Å². The van der Waals surface area contributed by atoms with Gasteiger partial charge in [-0.05, 0) is 49.3 Å². The lowest BCUT2D eigenvalue weighted by molar-refractivity contribution is 0.341. The number of benzene rings is 1. The summed E-state index contributed by atoms with van der Waals surface area (Å²) in [5.74, 6) is 1.68. The first-order chi connectivity index (χ1) is 9.06. The largest absolute Gasteiger partial charge is 0.381 e. The fourth-order valence-corrected chi connectivity index (χ4v) is 3.31. The Kier molecular flexibility index (Phi) is 5.41. The summed E-state index contributed by atoms with van der Waals surface area (Å²) in [6.07, 6.45) is 6.43. The normalized spacial score (nSPS) is 24.3. The number of halogens is 2. The van der Waals surface area contributed by atoms with Crippen molar-refractivity contribution in [1.29, 1.82) is 0 Å². The van der Waals surface area contributed by atoms with Gasteiger partial charge in [-0.3, -0.25) is 0 Å². The molecule has 1 aliphatic rings. The number of hydrogen-bond acceptors (Lipinski definition) is 1. The SMILES string of the molecule is CC(C)C1CCCC(Nc2cc(Cl)ccc2Cl)CC1. The minimum absolute atomic E-state index is 0.528. The molecule has 1 saturated carbocycles. The molecule has 2 unspecified atom stereocenters. The average molecular weight is 300 g/mol. The number of anilines is 1. The van der Waals surface area contributed by atoms with Gasteiger partial charge in [0.05, 0.1) is 10.7 Å². The third-order valence-electron chi connectivity index (χ3n) is 4.24. The van der Waals surface area contributed by atoms with E-state index in [4.69, 9.17) is 23.2 Å². The molecule has 2 atom stereocenters. The fourth-order valence-electron chi connectivity index (χ4n) is 2.97. The van der Waals surface area contributed by atoms with Gasteiger partial charge in [0.2, 0.25) is 0 Å². The molecular weight excluding hydrogens is 277 g/mol. The van der Waals surface area contributed by atoms with Crippen LogP contribution in [0.2, 0.25) is 10.0 Å². The van der Waals surface area contributed by atoms with Crippen LogP contribution in [0.3, 0.4) is 0 Å². The molecule has 1 nitrogen and oxygen atoms in total. The molecule has 106 valence electrons. The third kappa shape index (κ3) is 4.29. The van der Waals surface area contributed by atoms with E-state index in [2.05, 4.69) is 19.2 Å². The number of hydrogen-bond donors (Lipinski definition) is 1. The Hall–Kier alpha value is -0.400. The van der Waals surface area contributed by atoms with Crippen molar-refractivity contribution < 1.29 is 0 Å². The van der Waals surface area contributed by atoms with Gasteiger partial charge in [-0.2, -0.15) is 0 Å². The molecule has 1 aliphatic carbocycles. The van der Waals surface area contributed by atoms with Crippen LogP contribution in [0.4, 0.5) is 5.69 Å². The van der Waals surface area contributed by atoms with Crippen molar-refractivity contribution in [3.05, 3.63) is 28.2 Å². The van der Waals surface area contributed by atoms with Crippen LogP contribution in [0.1, 0.15) is 46.0 Å². The van der Waals surface area contributed by atoms with Crippen molar-refractivity contribution in [1.82, 2.24) is 0 Å². The maximum Gasteiger partial charge on any atom is 0.0638 e. The summed E-state index contributed by atoms with van der Waals surface area (Å²) in [7, 11) is 0. The van der Waals surface area contributed by atoms with Crippen molar-refractivity contribution in [2.75, 3.05) is 5.32 Å². The van der Waals surface area contributed by atoms with E-state index in [1.165, 1.54) is 32.1 Å². The zero-order valence-electron chi connectivity index (χ0n) is 11.8. The lowest BCUT2D eigenvalue weighted by atomic mass is 9.89. The zero-order chi connectivity index (χ0) is 13.8. The van der Waals surface area contributed by atoms with Crippen LogP contribution in [-0.2, 0) is 0 Å². The van der Waals surface area contributed by atoms with E-state index in [0.717, 1.165) is 27.6 Å².